The van der Waals surface area contributed by atoms with E-state index in [0.717, 1.165) is 18.2 Å². The first kappa shape index (κ1) is 22.7. The third-order valence-corrected chi connectivity index (χ3v) is 3.74. The van der Waals surface area contributed by atoms with Crippen LogP contribution in [0.4, 0.5) is 28.9 Å². The number of carbonyl (C=O) groups is 2. The van der Waals surface area contributed by atoms with Gasteiger partial charge in [0.25, 0.3) is 5.91 Å². The lowest BCUT2D eigenvalue weighted by molar-refractivity contribution is -0.149. The van der Waals surface area contributed by atoms with E-state index in [1.165, 1.54) is 6.07 Å². The van der Waals surface area contributed by atoms with Gasteiger partial charge >= 0.3 is 12.1 Å². The van der Waals surface area contributed by atoms with Crippen LogP contribution in [0.3, 0.4) is 0 Å². The third kappa shape index (κ3) is 5.70. The average Bonchev–Trinajstić information content (AvgIpc) is 2.66. The van der Waals surface area contributed by atoms with Gasteiger partial charge in [0.1, 0.15) is 5.82 Å². The molecule has 10 heteroatoms. The Kier molecular flexibility index (Phi) is 6.35. The Morgan fingerprint density at radius 3 is 2.30 bits per heavy atom. The lowest BCUT2D eigenvalue weighted by atomic mass is 9.98. The van der Waals surface area contributed by atoms with Gasteiger partial charge in [-0.2, -0.15) is 18.4 Å². The zero-order valence-electron chi connectivity index (χ0n) is 16.1. The predicted octanol–water partition coefficient (Wildman–Crippen LogP) is 4.88. The molecule has 1 amide bonds. The highest BCUT2D eigenvalue weighted by Gasteiger charge is 2.32. The summed E-state index contributed by atoms with van der Waals surface area (Å²) in [5.74, 6) is -2.52. The van der Waals surface area contributed by atoms with Crippen molar-refractivity contribution in [3.8, 4) is 6.07 Å². The third-order valence-electron chi connectivity index (χ3n) is 3.74. The summed E-state index contributed by atoms with van der Waals surface area (Å²) in [4.78, 5) is 29.0. The van der Waals surface area contributed by atoms with E-state index < -0.39 is 40.4 Å². The van der Waals surface area contributed by atoms with Gasteiger partial charge in [-0.3, -0.25) is 4.79 Å². The van der Waals surface area contributed by atoms with Crippen LogP contribution in [0.15, 0.2) is 36.4 Å². The molecule has 0 radical (unpaired) electrons. The van der Waals surface area contributed by atoms with Gasteiger partial charge in [-0.05, 0) is 57.2 Å². The first-order valence-corrected chi connectivity index (χ1v) is 8.52. The highest BCUT2D eigenvalue weighted by molar-refractivity contribution is 6.05. The molecule has 0 fully saturated rings. The van der Waals surface area contributed by atoms with E-state index in [4.69, 9.17) is 10.1 Å². The Labute approximate surface area is 169 Å². The highest BCUT2D eigenvalue weighted by atomic mass is 19.4. The minimum atomic E-state index is -4.77. The Bertz CT molecular complexity index is 1020. The fourth-order valence-electron chi connectivity index (χ4n) is 2.12. The van der Waals surface area contributed by atoms with Gasteiger partial charge in [0, 0.05) is 5.56 Å². The van der Waals surface area contributed by atoms with E-state index in [-0.39, 0.29) is 16.9 Å². The highest BCUT2D eigenvalue weighted by Crippen LogP contribution is 2.31. The van der Waals surface area contributed by atoms with Gasteiger partial charge in [-0.1, -0.05) is 0 Å². The van der Waals surface area contributed by atoms with Crippen molar-refractivity contribution in [2.75, 3.05) is 10.8 Å². The lowest BCUT2D eigenvalue weighted by Crippen LogP contribution is -2.25. The van der Waals surface area contributed by atoms with Crippen molar-refractivity contribution < 1.29 is 32.0 Å². The maximum Gasteiger partial charge on any atom is 0.416 e. The predicted molar refractivity (Wildman–Crippen MR) is 99.7 cm³/mol. The molecule has 0 saturated carbocycles. The van der Waals surface area contributed by atoms with Crippen LogP contribution in [0.2, 0.25) is 0 Å². The van der Waals surface area contributed by atoms with Crippen LogP contribution in [-0.4, -0.2) is 11.9 Å². The molecule has 0 aliphatic heterocycles. The summed E-state index contributed by atoms with van der Waals surface area (Å²) < 4.78 is 53.0. The van der Waals surface area contributed by atoms with Crippen molar-refractivity contribution in [3.63, 3.8) is 0 Å². The van der Waals surface area contributed by atoms with Gasteiger partial charge in [0.15, 0.2) is 0 Å². The molecule has 0 heterocycles. The van der Waals surface area contributed by atoms with Crippen LogP contribution in [0.25, 0.3) is 0 Å². The van der Waals surface area contributed by atoms with Crippen molar-refractivity contribution in [2.45, 2.75) is 26.9 Å². The quantitative estimate of drug-likeness (QED) is 0.540. The summed E-state index contributed by atoms with van der Waals surface area (Å²) in [6, 6.07) is 6.96. The number of nitriles is 1. The van der Waals surface area contributed by atoms with Crippen molar-refractivity contribution in [1.29, 1.82) is 5.26 Å². The van der Waals surface area contributed by atoms with E-state index in [9.17, 15) is 27.2 Å². The Hall–Kier alpha value is -3.61. The topological polar surface area (TPSA) is 91.2 Å². The number of carbonyl (C=O) groups excluding carboxylic acids is 2. The number of alkyl halides is 3. The van der Waals surface area contributed by atoms with E-state index in [0.29, 0.717) is 12.1 Å². The number of rotatable bonds is 4. The SMILES string of the molecule is CC(C)(C)C(=O)ONc1ccc(F)c(NC(=O)c2cc(C#N)cc(C(F)(F)F)c2)c1. The smallest absolute Gasteiger partial charge is 0.343 e. The summed E-state index contributed by atoms with van der Waals surface area (Å²) in [5, 5.41) is 11.1. The molecule has 158 valence electrons. The van der Waals surface area contributed by atoms with E-state index in [1.54, 1.807) is 26.8 Å². The van der Waals surface area contributed by atoms with Crippen molar-refractivity contribution in [1.82, 2.24) is 0 Å². The number of hydrogen-bond donors (Lipinski definition) is 2. The Morgan fingerprint density at radius 1 is 1.07 bits per heavy atom. The molecule has 2 aromatic carbocycles. The molecule has 2 N–H and O–H groups in total. The molecule has 0 aromatic heterocycles. The molecule has 30 heavy (non-hydrogen) atoms. The van der Waals surface area contributed by atoms with Gasteiger partial charge in [-0.25, -0.2) is 14.7 Å². The summed E-state index contributed by atoms with van der Waals surface area (Å²) in [6.45, 7) is 4.87. The van der Waals surface area contributed by atoms with Crippen LogP contribution in [0.1, 0.15) is 42.3 Å². The fraction of sp³-hybridized carbons (Fsp3) is 0.250. The minimum Gasteiger partial charge on any atom is -0.343 e. The maximum atomic E-state index is 14.1. The van der Waals surface area contributed by atoms with Crippen LogP contribution >= 0.6 is 0 Å². The van der Waals surface area contributed by atoms with Crippen molar-refractivity contribution in [2.24, 2.45) is 5.41 Å². The van der Waals surface area contributed by atoms with E-state index in [2.05, 4.69) is 10.8 Å². The van der Waals surface area contributed by atoms with Gasteiger partial charge in [0.05, 0.1) is 34.0 Å². The van der Waals surface area contributed by atoms with E-state index in [1.807, 2.05) is 0 Å². The van der Waals surface area contributed by atoms with Gasteiger partial charge in [0.2, 0.25) is 0 Å². The number of amides is 1. The molecule has 0 spiro atoms. The van der Waals surface area contributed by atoms with Crippen LogP contribution in [0.5, 0.6) is 0 Å². The van der Waals surface area contributed by atoms with Gasteiger partial charge < -0.3 is 10.2 Å². The Balaban J connectivity index is 2.25. The number of nitrogens with one attached hydrogen (secondary N) is 2. The van der Waals surface area contributed by atoms with Crippen LogP contribution in [0, 0.1) is 22.6 Å². The number of hydrogen-bond acceptors (Lipinski definition) is 5. The molecule has 6 nitrogen and oxygen atoms in total. The lowest BCUT2D eigenvalue weighted by Gasteiger charge is -2.17. The first-order valence-electron chi connectivity index (χ1n) is 8.52. The Morgan fingerprint density at radius 2 is 1.73 bits per heavy atom. The molecule has 2 aromatic rings. The molecule has 0 unspecified atom stereocenters. The summed E-state index contributed by atoms with van der Waals surface area (Å²) in [6.07, 6.45) is -4.77. The molecule has 2 rings (SSSR count). The molecular formula is C20H17F4N3O3. The number of benzene rings is 2. The monoisotopic (exact) mass is 423 g/mol. The molecule has 0 bridgehead atoms. The first-order chi connectivity index (χ1) is 13.8. The minimum absolute atomic E-state index is 0.117. The van der Waals surface area contributed by atoms with Crippen LogP contribution < -0.4 is 10.8 Å². The van der Waals surface area contributed by atoms with Crippen LogP contribution in [-0.2, 0) is 15.8 Å². The normalized spacial score (nSPS) is 11.4. The molecular weight excluding hydrogens is 406 g/mol. The van der Waals surface area contributed by atoms with Gasteiger partial charge in [-0.15, -0.1) is 0 Å². The fourth-order valence-corrected chi connectivity index (χ4v) is 2.12. The molecule has 0 atom stereocenters. The van der Waals surface area contributed by atoms with Crippen molar-refractivity contribution in [3.05, 3.63) is 58.9 Å². The molecule has 0 aliphatic rings. The maximum absolute atomic E-state index is 14.1. The van der Waals surface area contributed by atoms with Crippen molar-refractivity contribution >= 4 is 23.3 Å². The second-order valence-electron chi connectivity index (χ2n) is 7.30. The number of nitrogens with zero attached hydrogens (tertiary/aromatic N) is 1. The van der Waals surface area contributed by atoms with E-state index >= 15 is 0 Å². The molecule has 0 saturated heterocycles. The zero-order chi connectivity index (χ0) is 22.7. The average molecular weight is 423 g/mol. The summed E-state index contributed by atoms with van der Waals surface area (Å²) in [5.41, 5.74) is -0.764. The second kappa shape index (κ2) is 8.41. The number of halogens is 4. The molecule has 0 aliphatic carbocycles. The summed E-state index contributed by atoms with van der Waals surface area (Å²) >= 11 is 0. The standard InChI is InChI=1S/C20H17F4N3O3/c1-19(2,3)18(29)30-27-14-4-5-15(21)16(9-14)26-17(28)12-6-11(10-25)7-13(8-12)20(22,23)24/h4-9,27H,1-3H3,(H,26,28). The second-order valence-corrected chi connectivity index (χ2v) is 7.30. The zero-order valence-corrected chi connectivity index (χ0v) is 16.1. The number of anilines is 2. The summed E-state index contributed by atoms with van der Waals surface area (Å²) in [7, 11) is 0. The largest absolute Gasteiger partial charge is 0.416 e.